The molecule has 15 heavy (non-hydrogen) atoms. The number of likely N-dealkylation sites (tertiary alicyclic amines) is 1. The lowest BCUT2D eigenvalue weighted by Gasteiger charge is -2.34. The van der Waals surface area contributed by atoms with E-state index in [0.29, 0.717) is 0 Å². The third kappa shape index (κ3) is 3.49. The summed E-state index contributed by atoms with van der Waals surface area (Å²) < 4.78 is 0. The number of hydrogen-bond donors (Lipinski definition) is 0. The Kier molecular flexibility index (Phi) is 4.09. The molecule has 2 radical (unpaired) electrons. The molecular weight excluding hydrogens is 183 g/mol. The smallest absolute Gasteiger partial charge is 0.182 e. The molecule has 2 heterocycles. The molecule has 0 aliphatic carbocycles. The van der Waals surface area contributed by atoms with Gasteiger partial charge in [-0.1, -0.05) is 0 Å². The molecule has 84 valence electrons. The third-order valence-corrected chi connectivity index (χ3v) is 4.15. The highest BCUT2D eigenvalue weighted by atomic mass is 15.1. The molecule has 0 spiro atoms. The molecule has 0 aromatic heterocycles. The van der Waals surface area contributed by atoms with Crippen molar-refractivity contribution >= 4 is 7.98 Å². The molecule has 0 aromatic carbocycles. The van der Waals surface area contributed by atoms with E-state index in [-0.39, 0.29) is 0 Å². The number of rotatable bonds is 2. The second kappa shape index (κ2) is 5.35. The zero-order valence-corrected chi connectivity index (χ0v) is 9.99. The Labute approximate surface area is 95.4 Å². The van der Waals surface area contributed by atoms with Crippen molar-refractivity contribution in [1.29, 1.82) is 0 Å². The molecule has 2 saturated heterocycles. The Hall–Kier alpha value is -0.0151. The number of nitrogens with zero attached hydrogens (tertiary/aromatic N) is 2. The third-order valence-electron chi connectivity index (χ3n) is 4.15. The van der Waals surface area contributed by atoms with E-state index in [1.807, 2.05) is 4.81 Å². The molecule has 2 aliphatic rings. The summed E-state index contributed by atoms with van der Waals surface area (Å²) in [6.07, 6.45) is 6.94. The van der Waals surface area contributed by atoms with E-state index >= 15 is 0 Å². The van der Waals surface area contributed by atoms with Crippen molar-refractivity contribution in [2.45, 2.75) is 32.1 Å². The van der Waals surface area contributed by atoms with Gasteiger partial charge >= 0.3 is 0 Å². The van der Waals surface area contributed by atoms with Gasteiger partial charge in [0.15, 0.2) is 7.98 Å². The van der Waals surface area contributed by atoms with Crippen molar-refractivity contribution in [1.82, 2.24) is 9.71 Å². The zero-order chi connectivity index (χ0) is 10.7. The monoisotopic (exact) mass is 206 g/mol. The average Bonchev–Trinajstić information content (AvgIpc) is 2.25. The van der Waals surface area contributed by atoms with Crippen LogP contribution in [0.1, 0.15) is 32.1 Å². The van der Waals surface area contributed by atoms with Crippen molar-refractivity contribution in [2.24, 2.45) is 11.8 Å². The standard InChI is InChI=1S/C12H23BN2/c1-14-6-2-11(3-7-14)10-12-4-8-15(13)9-5-12/h11-12H,2-10H2,1H3. The first kappa shape index (κ1) is 11.5. The van der Waals surface area contributed by atoms with Crippen LogP contribution in [0.2, 0.25) is 0 Å². The van der Waals surface area contributed by atoms with Crippen LogP contribution >= 0.6 is 0 Å². The summed E-state index contributed by atoms with van der Waals surface area (Å²) >= 11 is 0. The predicted molar refractivity (Wildman–Crippen MR) is 64.9 cm³/mol. The number of piperidine rings is 2. The lowest BCUT2D eigenvalue weighted by atomic mass is 9.82. The van der Waals surface area contributed by atoms with E-state index in [4.69, 9.17) is 7.98 Å². The molecule has 2 nitrogen and oxygen atoms in total. The second-order valence-electron chi connectivity index (χ2n) is 5.46. The topological polar surface area (TPSA) is 6.48 Å². The molecular formula is C12H23BN2. The maximum Gasteiger partial charge on any atom is 0.182 e. The van der Waals surface area contributed by atoms with Gasteiger partial charge in [-0.05, 0) is 77.2 Å². The van der Waals surface area contributed by atoms with Crippen LogP contribution in [-0.4, -0.2) is 50.9 Å². The van der Waals surface area contributed by atoms with Crippen LogP contribution in [0.3, 0.4) is 0 Å². The van der Waals surface area contributed by atoms with Gasteiger partial charge in [-0.15, -0.1) is 0 Å². The van der Waals surface area contributed by atoms with Crippen LogP contribution in [0.4, 0.5) is 0 Å². The van der Waals surface area contributed by atoms with Crippen molar-refractivity contribution in [3.63, 3.8) is 0 Å². The fourth-order valence-electron chi connectivity index (χ4n) is 2.96. The Balaban J connectivity index is 1.68. The van der Waals surface area contributed by atoms with Crippen LogP contribution < -0.4 is 0 Å². The van der Waals surface area contributed by atoms with E-state index in [2.05, 4.69) is 11.9 Å². The summed E-state index contributed by atoms with van der Waals surface area (Å²) in [7, 11) is 8.01. The first-order valence-corrected chi connectivity index (χ1v) is 6.42. The fourth-order valence-corrected chi connectivity index (χ4v) is 2.96. The lowest BCUT2D eigenvalue weighted by Crippen LogP contribution is -2.34. The van der Waals surface area contributed by atoms with Gasteiger partial charge in [0.05, 0.1) is 0 Å². The minimum atomic E-state index is 0.957. The summed E-state index contributed by atoms with van der Waals surface area (Å²) in [5.41, 5.74) is 0. The predicted octanol–water partition coefficient (Wildman–Crippen LogP) is 1.51. The molecule has 0 bridgehead atoms. The van der Waals surface area contributed by atoms with Crippen molar-refractivity contribution in [3.8, 4) is 0 Å². The fraction of sp³-hybridized carbons (Fsp3) is 1.00. The first-order valence-electron chi connectivity index (χ1n) is 6.42. The Morgan fingerprint density at radius 2 is 1.40 bits per heavy atom. The van der Waals surface area contributed by atoms with Crippen molar-refractivity contribution < 1.29 is 0 Å². The molecule has 0 aromatic rings. The van der Waals surface area contributed by atoms with E-state index in [1.54, 1.807) is 0 Å². The number of hydrogen-bond acceptors (Lipinski definition) is 2. The normalized spacial score (nSPS) is 28.3. The molecule has 0 saturated carbocycles. The van der Waals surface area contributed by atoms with Gasteiger partial charge in [0.1, 0.15) is 0 Å². The zero-order valence-electron chi connectivity index (χ0n) is 9.99. The van der Waals surface area contributed by atoms with Gasteiger partial charge < -0.3 is 9.71 Å². The van der Waals surface area contributed by atoms with Crippen molar-refractivity contribution in [2.75, 3.05) is 33.2 Å². The summed E-state index contributed by atoms with van der Waals surface area (Å²) in [4.78, 5) is 4.43. The van der Waals surface area contributed by atoms with Gasteiger partial charge in [0.25, 0.3) is 0 Å². The Morgan fingerprint density at radius 3 is 1.93 bits per heavy atom. The van der Waals surface area contributed by atoms with Gasteiger partial charge in [-0.2, -0.15) is 0 Å². The summed E-state index contributed by atoms with van der Waals surface area (Å²) in [5.74, 6) is 1.95. The quantitative estimate of drug-likeness (QED) is 0.632. The maximum absolute atomic E-state index is 5.77. The largest absolute Gasteiger partial charge is 0.353 e. The summed E-state index contributed by atoms with van der Waals surface area (Å²) in [5, 5.41) is 0. The molecule has 0 N–H and O–H groups in total. The van der Waals surface area contributed by atoms with E-state index in [0.717, 1.165) is 24.9 Å². The summed E-state index contributed by atoms with van der Waals surface area (Å²) in [6.45, 7) is 4.83. The van der Waals surface area contributed by atoms with E-state index < -0.39 is 0 Å². The van der Waals surface area contributed by atoms with E-state index in [9.17, 15) is 0 Å². The SMILES string of the molecule is [B]N1CCC(CC2CCN(C)CC2)CC1. The molecule has 3 heteroatoms. The van der Waals surface area contributed by atoms with Crippen LogP contribution in [-0.2, 0) is 0 Å². The minimum absolute atomic E-state index is 0.957. The Bertz CT molecular complexity index is 162. The highest BCUT2D eigenvalue weighted by molar-refractivity contribution is 6.04. The average molecular weight is 206 g/mol. The molecule has 2 rings (SSSR count). The Morgan fingerprint density at radius 1 is 0.933 bits per heavy atom. The molecule has 0 amide bonds. The molecule has 0 unspecified atom stereocenters. The van der Waals surface area contributed by atoms with Gasteiger partial charge in [0, 0.05) is 0 Å². The molecule has 2 aliphatic heterocycles. The highest BCUT2D eigenvalue weighted by Crippen LogP contribution is 2.28. The van der Waals surface area contributed by atoms with Crippen LogP contribution in [0.25, 0.3) is 0 Å². The maximum atomic E-state index is 5.77. The molecule has 0 atom stereocenters. The van der Waals surface area contributed by atoms with Gasteiger partial charge in [-0.25, -0.2) is 0 Å². The summed E-state index contributed by atoms with van der Waals surface area (Å²) in [6, 6.07) is 0. The van der Waals surface area contributed by atoms with Crippen molar-refractivity contribution in [3.05, 3.63) is 0 Å². The molecule has 2 fully saturated rings. The first-order chi connectivity index (χ1) is 7.24. The van der Waals surface area contributed by atoms with Crippen LogP contribution in [0, 0.1) is 11.8 Å². The minimum Gasteiger partial charge on any atom is -0.353 e. The second-order valence-corrected chi connectivity index (χ2v) is 5.46. The van der Waals surface area contributed by atoms with E-state index in [1.165, 1.54) is 45.2 Å². The highest BCUT2D eigenvalue weighted by Gasteiger charge is 2.23. The van der Waals surface area contributed by atoms with Crippen LogP contribution in [0.5, 0.6) is 0 Å². The van der Waals surface area contributed by atoms with Gasteiger partial charge in [-0.3, -0.25) is 0 Å². The van der Waals surface area contributed by atoms with Crippen LogP contribution in [0.15, 0.2) is 0 Å². The lowest BCUT2D eigenvalue weighted by molar-refractivity contribution is 0.172. The van der Waals surface area contributed by atoms with Gasteiger partial charge in [0.2, 0.25) is 0 Å².